The van der Waals surface area contributed by atoms with E-state index in [1.165, 1.54) is 0 Å². The van der Waals surface area contributed by atoms with Crippen molar-refractivity contribution in [2.45, 2.75) is 12.8 Å². The lowest BCUT2D eigenvalue weighted by atomic mass is 10.1. The van der Waals surface area contributed by atoms with Crippen LogP contribution in [0, 0.1) is 5.41 Å². The first-order chi connectivity index (χ1) is 7.77. The number of aryl methyl sites for hydroxylation is 1. The summed E-state index contributed by atoms with van der Waals surface area (Å²) in [5, 5.41) is 14.1. The molecule has 0 saturated heterocycles. The zero-order valence-corrected chi connectivity index (χ0v) is 8.77. The number of aromatic nitrogens is 3. The Kier molecular flexibility index (Phi) is 2.95. The van der Waals surface area contributed by atoms with Gasteiger partial charge in [-0.3, -0.25) is 15.5 Å². The summed E-state index contributed by atoms with van der Waals surface area (Å²) < 4.78 is 0. The molecule has 0 aliphatic carbocycles. The minimum absolute atomic E-state index is 0.188. The second-order valence-corrected chi connectivity index (χ2v) is 3.51. The van der Waals surface area contributed by atoms with E-state index in [1.54, 1.807) is 12.4 Å². The molecule has 0 aliphatic heterocycles. The SMILES string of the molecule is N=C(N)CCc1cn[nH]c1-c1ccccn1. The summed E-state index contributed by atoms with van der Waals surface area (Å²) in [5.41, 5.74) is 8.14. The molecule has 4 N–H and O–H groups in total. The van der Waals surface area contributed by atoms with Gasteiger partial charge in [-0.25, -0.2) is 0 Å². The smallest absolute Gasteiger partial charge is 0.0908 e. The fourth-order valence-corrected chi connectivity index (χ4v) is 1.50. The number of aromatic amines is 1. The van der Waals surface area contributed by atoms with E-state index in [9.17, 15) is 0 Å². The monoisotopic (exact) mass is 215 g/mol. The predicted octanol–water partition coefficient (Wildman–Crippen LogP) is 1.34. The Balaban J connectivity index is 2.23. The molecule has 2 aromatic heterocycles. The lowest BCUT2D eigenvalue weighted by Crippen LogP contribution is -2.10. The van der Waals surface area contributed by atoms with Crippen molar-refractivity contribution in [1.29, 1.82) is 5.41 Å². The number of nitrogens with one attached hydrogen (secondary N) is 2. The topological polar surface area (TPSA) is 91.4 Å². The molecule has 82 valence electrons. The van der Waals surface area contributed by atoms with Gasteiger partial charge in [-0.1, -0.05) is 6.07 Å². The van der Waals surface area contributed by atoms with E-state index < -0.39 is 0 Å². The highest BCUT2D eigenvalue weighted by molar-refractivity contribution is 5.77. The number of rotatable bonds is 4. The maximum absolute atomic E-state index is 7.20. The minimum atomic E-state index is 0.188. The molecular weight excluding hydrogens is 202 g/mol. The van der Waals surface area contributed by atoms with Crippen LogP contribution >= 0.6 is 0 Å². The second-order valence-electron chi connectivity index (χ2n) is 3.51. The third-order valence-electron chi connectivity index (χ3n) is 2.30. The van der Waals surface area contributed by atoms with Gasteiger partial charge in [0.2, 0.25) is 0 Å². The zero-order valence-electron chi connectivity index (χ0n) is 8.77. The van der Waals surface area contributed by atoms with E-state index in [4.69, 9.17) is 11.1 Å². The molecule has 0 saturated carbocycles. The molecule has 2 rings (SSSR count). The van der Waals surface area contributed by atoms with Gasteiger partial charge in [0.15, 0.2) is 0 Å². The van der Waals surface area contributed by atoms with Crippen LogP contribution < -0.4 is 5.73 Å². The van der Waals surface area contributed by atoms with Crippen molar-refractivity contribution in [3.05, 3.63) is 36.2 Å². The summed E-state index contributed by atoms with van der Waals surface area (Å²) in [7, 11) is 0. The molecule has 0 atom stereocenters. The molecule has 0 amide bonds. The standard InChI is InChI=1S/C11H13N5/c12-10(13)5-4-8-7-15-16-11(8)9-3-1-2-6-14-9/h1-3,6-7H,4-5H2,(H3,12,13)(H,15,16). The van der Waals surface area contributed by atoms with Crippen molar-refractivity contribution >= 4 is 5.84 Å². The first-order valence-electron chi connectivity index (χ1n) is 5.04. The molecule has 16 heavy (non-hydrogen) atoms. The fraction of sp³-hybridized carbons (Fsp3) is 0.182. The largest absolute Gasteiger partial charge is 0.388 e. The number of amidine groups is 1. The Bertz CT molecular complexity index is 474. The Labute approximate surface area is 93.2 Å². The maximum Gasteiger partial charge on any atom is 0.0908 e. The second kappa shape index (κ2) is 4.57. The van der Waals surface area contributed by atoms with E-state index >= 15 is 0 Å². The van der Waals surface area contributed by atoms with Crippen LogP contribution in [0.25, 0.3) is 11.4 Å². The highest BCUT2D eigenvalue weighted by Gasteiger charge is 2.08. The number of nitrogens with zero attached hydrogens (tertiary/aromatic N) is 2. The average molecular weight is 215 g/mol. The van der Waals surface area contributed by atoms with Crippen LogP contribution in [0.15, 0.2) is 30.6 Å². The summed E-state index contributed by atoms with van der Waals surface area (Å²) in [4.78, 5) is 4.25. The van der Waals surface area contributed by atoms with Gasteiger partial charge in [0, 0.05) is 12.6 Å². The van der Waals surface area contributed by atoms with Gasteiger partial charge in [0.1, 0.15) is 0 Å². The zero-order chi connectivity index (χ0) is 11.4. The number of H-pyrrole nitrogens is 1. The maximum atomic E-state index is 7.20. The number of pyridine rings is 1. The highest BCUT2D eigenvalue weighted by Crippen LogP contribution is 2.19. The van der Waals surface area contributed by atoms with Gasteiger partial charge in [0.25, 0.3) is 0 Å². The summed E-state index contributed by atoms with van der Waals surface area (Å²) >= 11 is 0. The van der Waals surface area contributed by atoms with Crippen molar-refractivity contribution in [1.82, 2.24) is 15.2 Å². The van der Waals surface area contributed by atoms with Gasteiger partial charge >= 0.3 is 0 Å². The molecule has 0 unspecified atom stereocenters. The molecule has 0 aliphatic rings. The minimum Gasteiger partial charge on any atom is -0.388 e. The average Bonchev–Trinajstić information content (AvgIpc) is 2.75. The van der Waals surface area contributed by atoms with Crippen molar-refractivity contribution in [2.75, 3.05) is 0 Å². The molecule has 2 aromatic rings. The van der Waals surface area contributed by atoms with Gasteiger partial charge in [-0.05, 0) is 24.1 Å². The van der Waals surface area contributed by atoms with Crippen molar-refractivity contribution < 1.29 is 0 Å². The fourth-order valence-electron chi connectivity index (χ4n) is 1.50. The van der Waals surface area contributed by atoms with Crippen LogP contribution in [0.2, 0.25) is 0 Å². The van der Waals surface area contributed by atoms with Gasteiger partial charge in [0.05, 0.1) is 23.4 Å². The predicted molar refractivity (Wildman–Crippen MR) is 62.1 cm³/mol. The normalized spacial score (nSPS) is 10.2. The molecule has 0 spiro atoms. The quantitative estimate of drug-likeness (QED) is 0.531. The van der Waals surface area contributed by atoms with Crippen LogP contribution in [0.3, 0.4) is 0 Å². The molecule has 5 heteroatoms. The third kappa shape index (κ3) is 2.25. The lowest BCUT2D eigenvalue weighted by molar-refractivity contribution is 1.02. The summed E-state index contributed by atoms with van der Waals surface area (Å²) in [6.07, 6.45) is 4.75. The Morgan fingerprint density at radius 2 is 2.31 bits per heavy atom. The third-order valence-corrected chi connectivity index (χ3v) is 2.30. The molecule has 0 bridgehead atoms. The van der Waals surface area contributed by atoms with Crippen LogP contribution in [0.4, 0.5) is 0 Å². The van der Waals surface area contributed by atoms with E-state index in [0.717, 1.165) is 17.0 Å². The van der Waals surface area contributed by atoms with Crippen LogP contribution in [0.5, 0.6) is 0 Å². The van der Waals surface area contributed by atoms with Crippen LogP contribution in [-0.4, -0.2) is 21.0 Å². The number of hydrogen-bond donors (Lipinski definition) is 3. The molecule has 0 radical (unpaired) electrons. The van der Waals surface area contributed by atoms with Crippen LogP contribution in [-0.2, 0) is 6.42 Å². The van der Waals surface area contributed by atoms with Crippen molar-refractivity contribution in [3.63, 3.8) is 0 Å². The van der Waals surface area contributed by atoms with E-state index in [1.807, 2.05) is 18.2 Å². The van der Waals surface area contributed by atoms with E-state index in [-0.39, 0.29) is 5.84 Å². The summed E-state index contributed by atoms with van der Waals surface area (Å²) in [6, 6.07) is 5.72. The van der Waals surface area contributed by atoms with Gasteiger partial charge in [-0.2, -0.15) is 5.10 Å². The number of nitrogens with two attached hydrogens (primary N) is 1. The first kappa shape index (κ1) is 10.4. The summed E-state index contributed by atoms with van der Waals surface area (Å²) in [5.74, 6) is 0.188. The van der Waals surface area contributed by atoms with Gasteiger partial charge < -0.3 is 5.73 Å². The molecular formula is C11H13N5. The Morgan fingerprint density at radius 3 is 3.00 bits per heavy atom. The molecule has 2 heterocycles. The first-order valence-corrected chi connectivity index (χ1v) is 5.04. The lowest BCUT2D eigenvalue weighted by Gasteiger charge is -2.01. The highest BCUT2D eigenvalue weighted by atomic mass is 15.1. The molecule has 0 fully saturated rings. The van der Waals surface area contributed by atoms with Crippen molar-refractivity contribution in [2.24, 2.45) is 5.73 Å². The van der Waals surface area contributed by atoms with Crippen molar-refractivity contribution in [3.8, 4) is 11.4 Å². The van der Waals surface area contributed by atoms with Crippen LogP contribution in [0.1, 0.15) is 12.0 Å². The Hall–Kier alpha value is -2.17. The summed E-state index contributed by atoms with van der Waals surface area (Å²) in [6.45, 7) is 0. The van der Waals surface area contributed by atoms with E-state index in [0.29, 0.717) is 12.8 Å². The molecule has 0 aromatic carbocycles. The molecule has 5 nitrogen and oxygen atoms in total. The van der Waals surface area contributed by atoms with E-state index in [2.05, 4.69) is 15.2 Å². The van der Waals surface area contributed by atoms with Gasteiger partial charge in [-0.15, -0.1) is 0 Å². The number of hydrogen-bond acceptors (Lipinski definition) is 3. The Morgan fingerprint density at radius 1 is 1.44 bits per heavy atom.